The van der Waals surface area contributed by atoms with Crippen molar-refractivity contribution in [3.8, 4) is 0 Å². The van der Waals surface area contributed by atoms with Crippen LogP contribution in [0.25, 0.3) is 5.57 Å². The monoisotopic (exact) mass is 470 g/mol. The second-order valence-electron chi connectivity index (χ2n) is 7.26. The van der Waals surface area contributed by atoms with Gasteiger partial charge in [0.05, 0.1) is 0 Å². The molecule has 0 unspecified atom stereocenters. The van der Waals surface area contributed by atoms with Crippen molar-refractivity contribution in [3.63, 3.8) is 0 Å². The predicted octanol–water partition coefficient (Wildman–Crippen LogP) is 3.27. The van der Waals surface area contributed by atoms with Crippen LogP contribution in [0.5, 0.6) is 0 Å². The summed E-state index contributed by atoms with van der Waals surface area (Å²) in [6, 6.07) is 10.5. The molecule has 0 radical (unpaired) electrons. The molecule has 0 saturated carbocycles. The van der Waals surface area contributed by atoms with Crippen LogP contribution in [0.3, 0.4) is 0 Å². The topological polar surface area (TPSA) is 56.7 Å². The summed E-state index contributed by atoms with van der Waals surface area (Å²) in [7, 11) is 0. The van der Waals surface area contributed by atoms with E-state index in [1.165, 1.54) is 11.1 Å². The van der Waals surface area contributed by atoms with Crippen molar-refractivity contribution in [2.24, 2.45) is 4.99 Å². The number of nitrogens with one attached hydrogen (secondary N) is 2. The number of amides is 1. The summed E-state index contributed by atoms with van der Waals surface area (Å²) in [4.78, 5) is 18.7. The Kier molecular flexibility index (Phi) is 9.12. The number of carbonyl (C=O) groups is 1. The molecular formula is C20H31IN4O. The first-order valence-electron chi connectivity index (χ1n) is 8.98. The highest BCUT2D eigenvalue weighted by atomic mass is 127. The van der Waals surface area contributed by atoms with Crippen LogP contribution in [0.1, 0.15) is 39.7 Å². The van der Waals surface area contributed by atoms with Crippen molar-refractivity contribution in [2.45, 2.75) is 39.7 Å². The summed E-state index contributed by atoms with van der Waals surface area (Å²) in [5, 5.41) is 6.24. The first-order chi connectivity index (χ1) is 11.9. The minimum Gasteiger partial charge on any atom is -0.356 e. The summed E-state index contributed by atoms with van der Waals surface area (Å²) in [6.07, 6.45) is 3.23. The number of hydrogen-bond donors (Lipinski definition) is 2. The van der Waals surface area contributed by atoms with E-state index in [0.29, 0.717) is 0 Å². The number of benzene rings is 1. The summed E-state index contributed by atoms with van der Waals surface area (Å²) in [6.45, 7) is 10.6. The third kappa shape index (κ3) is 7.35. The molecule has 2 rings (SSSR count). The van der Waals surface area contributed by atoms with Gasteiger partial charge in [0.25, 0.3) is 0 Å². The molecule has 0 spiro atoms. The number of halogens is 1. The summed E-state index contributed by atoms with van der Waals surface area (Å²) >= 11 is 0. The lowest BCUT2D eigenvalue weighted by Gasteiger charge is -2.30. The van der Waals surface area contributed by atoms with Gasteiger partial charge in [-0.15, -0.1) is 24.0 Å². The number of aliphatic imine (C=N–C) groups is 1. The van der Waals surface area contributed by atoms with Crippen LogP contribution in [0.2, 0.25) is 0 Å². The highest BCUT2D eigenvalue weighted by Gasteiger charge is 2.17. The largest absolute Gasteiger partial charge is 0.356 e. The molecule has 5 nitrogen and oxygen atoms in total. The standard InChI is InChI=1S/C20H30N4O.HI/c1-5-21-19(22-15-18(25)23-20(2,3)4)24-13-11-17(12-14-24)16-9-7-6-8-10-16;/h6-11H,5,12-15H2,1-4H3,(H,21,22)(H,23,25);1H. The van der Waals surface area contributed by atoms with E-state index in [-0.39, 0.29) is 42.0 Å². The van der Waals surface area contributed by atoms with Crippen LogP contribution in [0.15, 0.2) is 41.4 Å². The van der Waals surface area contributed by atoms with E-state index in [2.05, 4.69) is 50.9 Å². The highest BCUT2D eigenvalue weighted by Crippen LogP contribution is 2.21. The lowest BCUT2D eigenvalue weighted by molar-refractivity contribution is -0.121. The second kappa shape index (κ2) is 10.5. The third-order valence-electron chi connectivity index (χ3n) is 3.87. The van der Waals surface area contributed by atoms with Crippen LogP contribution in [0, 0.1) is 0 Å². The van der Waals surface area contributed by atoms with Crippen LogP contribution in [-0.4, -0.2) is 48.5 Å². The molecule has 6 heteroatoms. The second-order valence-corrected chi connectivity index (χ2v) is 7.26. The first-order valence-corrected chi connectivity index (χ1v) is 8.98. The molecule has 1 aliphatic heterocycles. The van der Waals surface area contributed by atoms with Crippen LogP contribution in [-0.2, 0) is 4.79 Å². The molecule has 0 atom stereocenters. The van der Waals surface area contributed by atoms with E-state index in [1.54, 1.807) is 0 Å². The number of carbonyl (C=O) groups excluding carboxylic acids is 1. The number of guanidine groups is 1. The van der Waals surface area contributed by atoms with E-state index in [1.807, 2.05) is 33.8 Å². The van der Waals surface area contributed by atoms with Crippen LogP contribution < -0.4 is 10.6 Å². The lowest BCUT2D eigenvalue weighted by Crippen LogP contribution is -2.45. The molecule has 144 valence electrons. The van der Waals surface area contributed by atoms with E-state index in [0.717, 1.165) is 32.0 Å². The first kappa shape index (κ1) is 22.5. The van der Waals surface area contributed by atoms with Gasteiger partial charge in [0.2, 0.25) is 5.91 Å². The molecule has 0 aromatic heterocycles. The minimum atomic E-state index is -0.233. The molecule has 0 aliphatic carbocycles. The van der Waals surface area contributed by atoms with Crippen molar-refractivity contribution in [1.29, 1.82) is 0 Å². The summed E-state index contributed by atoms with van der Waals surface area (Å²) in [5.74, 6) is 0.746. The van der Waals surface area contributed by atoms with Gasteiger partial charge in [0.15, 0.2) is 5.96 Å². The molecule has 26 heavy (non-hydrogen) atoms. The third-order valence-corrected chi connectivity index (χ3v) is 3.87. The molecule has 1 aromatic carbocycles. The van der Waals surface area contributed by atoms with Gasteiger partial charge in [0, 0.05) is 25.2 Å². The molecule has 2 N–H and O–H groups in total. The van der Waals surface area contributed by atoms with Gasteiger partial charge in [-0.2, -0.15) is 0 Å². The van der Waals surface area contributed by atoms with Gasteiger partial charge < -0.3 is 15.5 Å². The molecule has 1 aromatic rings. The van der Waals surface area contributed by atoms with Gasteiger partial charge in [0.1, 0.15) is 6.54 Å². The SMILES string of the molecule is CCNC(=NCC(=O)NC(C)(C)C)N1CC=C(c2ccccc2)CC1.I. The Morgan fingerprint density at radius 2 is 1.92 bits per heavy atom. The summed E-state index contributed by atoms with van der Waals surface area (Å²) < 4.78 is 0. The average molecular weight is 470 g/mol. The number of rotatable bonds is 4. The van der Waals surface area contributed by atoms with E-state index in [9.17, 15) is 4.79 Å². The van der Waals surface area contributed by atoms with Gasteiger partial charge in [-0.1, -0.05) is 36.4 Å². The molecule has 0 saturated heterocycles. The maximum Gasteiger partial charge on any atom is 0.242 e. The maximum absolute atomic E-state index is 12.0. The smallest absolute Gasteiger partial charge is 0.242 e. The van der Waals surface area contributed by atoms with Crippen LogP contribution >= 0.6 is 24.0 Å². The Morgan fingerprint density at radius 1 is 1.23 bits per heavy atom. The van der Waals surface area contributed by atoms with Gasteiger partial charge in [-0.05, 0) is 45.3 Å². The Bertz CT molecular complexity index is 635. The summed E-state index contributed by atoms with van der Waals surface area (Å²) in [5.41, 5.74) is 2.43. The Morgan fingerprint density at radius 3 is 2.46 bits per heavy atom. The number of hydrogen-bond acceptors (Lipinski definition) is 2. The van der Waals surface area contributed by atoms with E-state index >= 15 is 0 Å². The van der Waals surface area contributed by atoms with Crippen LogP contribution in [0.4, 0.5) is 0 Å². The van der Waals surface area contributed by atoms with Crippen molar-refractivity contribution >= 4 is 41.4 Å². The zero-order valence-corrected chi connectivity index (χ0v) is 18.5. The van der Waals surface area contributed by atoms with Gasteiger partial charge in [-0.3, -0.25) is 4.79 Å². The number of nitrogens with zero attached hydrogens (tertiary/aromatic N) is 2. The normalized spacial score (nSPS) is 15.0. The fourth-order valence-corrected chi connectivity index (χ4v) is 2.81. The van der Waals surface area contributed by atoms with Crippen molar-refractivity contribution in [2.75, 3.05) is 26.2 Å². The van der Waals surface area contributed by atoms with Crippen molar-refractivity contribution < 1.29 is 4.79 Å². The van der Waals surface area contributed by atoms with E-state index < -0.39 is 0 Å². The zero-order chi connectivity index (χ0) is 18.3. The Hall–Kier alpha value is -1.57. The highest BCUT2D eigenvalue weighted by molar-refractivity contribution is 14.0. The molecular weight excluding hydrogens is 439 g/mol. The fourth-order valence-electron chi connectivity index (χ4n) is 2.81. The van der Waals surface area contributed by atoms with Gasteiger partial charge in [-0.25, -0.2) is 4.99 Å². The minimum absolute atomic E-state index is 0. The molecule has 0 fully saturated rings. The van der Waals surface area contributed by atoms with Crippen molar-refractivity contribution in [1.82, 2.24) is 15.5 Å². The Balaban J connectivity index is 0.00000338. The van der Waals surface area contributed by atoms with Crippen molar-refractivity contribution in [3.05, 3.63) is 42.0 Å². The fraction of sp³-hybridized carbons (Fsp3) is 0.500. The average Bonchev–Trinajstić information content (AvgIpc) is 2.58. The zero-order valence-electron chi connectivity index (χ0n) is 16.2. The molecule has 0 bridgehead atoms. The molecule has 1 amide bonds. The quantitative estimate of drug-likeness (QED) is 0.404. The molecule has 1 heterocycles. The Labute approximate surface area is 174 Å². The van der Waals surface area contributed by atoms with E-state index in [4.69, 9.17) is 0 Å². The lowest BCUT2D eigenvalue weighted by atomic mass is 10.00. The predicted molar refractivity (Wildman–Crippen MR) is 120 cm³/mol. The molecule has 1 aliphatic rings. The van der Waals surface area contributed by atoms with Gasteiger partial charge >= 0.3 is 0 Å². The maximum atomic E-state index is 12.0.